The number of hydrogen-bond acceptors (Lipinski definition) is 4. The van der Waals surface area contributed by atoms with Crippen LogP contribution < -0.4 is 5.32 Å². The summed E-state index contributed by atoms with van der Waals surface area (Å²) in [5, 5.41) is 13.0. The third kappa shape index (κ3) is 4.21. The first kappa shape index (κ1) is 13.3. The Morgan fingerprint density at radius 2 is 1.59 bits per heavy atom. The van der Waals surface area contributed by atoms with Crippen molar-refractivity contribution in [1.82, 2.24) is 15.1 Å². The van der Waals surface area contributed by atoms with E-state index < -0.39 is 0 Å². The number of piperidine rings is 1. The summed E-state index contributed by atoms with van der Waals surface area (Å²) in [7, 11) is 0. The van der Waals surface area contributed by atoms with Crippen molar-refractivity contribution in [3.63, 3.8) is 0 Å². The maximum atomic E-state index is 9.56. The van der Waals surface area contributed by atoms with Crippen LogP contribution in [-0.4, -0.2) is 73.4 Å². The number of hydrogen-bond donors (Lipinski definition) is 2. The number of likely N-dealkylation sites (tertiary alicyclic amines) is 1. The summed E-state index contributed by atoms with van der Waals surface area (Å²) in [6.45, 7) is 11.4. The second kappa shape index (κ2) is 6.69. The first-order valence-corrected chi connectivity index (χ1v) is 7.09. The molecular formula is C13H27N3O. The molecule has 1 atom stereocenters. The molecule has 0 aromatic heterocycles. The Hall–Kier alpha value is -0.160. The molecule has 4 nitrogen and oxygen atoms in total. The Kier molecular flexibility index (Phi) is 5.22. The molecule has 2 fully saturated rings. The van der Waals surface area contributed by atoms with Crippen LogP contribution in [0.4, 0.5) is 0 Å². The minimum Gasteiger partial charge on any atom is -0.393 e. The van der Waals surface area contributed by atoms with Gasteiger partial charge in [0.1, 0.15) is 0 Å². The second-order valence-corrected chi connectivity index (χ2v) is 5.51. The van der Waals surface area contributed by atoms with Crippen molar-refractivity contribution in [2.75, 3.05) is 52.4 Å². The van der Waals surface area contributed by atoms with E-state index in [1.165, 1.54) is 52.1 Å². The van der Waals surface area contributed by atoms with Crippen LogP contribution in [0.2, 0.25) is 0 Å². The van der Waals surface area contributed by atoms with Crippen molar-refractivity contribution in [1.29, 1.82) is 0 Å². The Morgan fingerprint density at radius 1 is 1.06 bits per heavy atom. The number of aliphatic hydroxyl groups excluding tert-OH is 1. The van der Waals surface area contributed by atoms with E-state index in [-0.39, 0.29) is 6.10 Å². The first-order valence-electron chi connectivity index (χ1n) is 7.09. The number of nitrogens with one attached hydrogen (secondary N) is 1. The molecule has 1 unspecified atom stereocenters. The monoisotopic (exact) mass is 241 g/mol. The van der Waals surface area contributed by atoms with Crippen LogP contribution in [-0.2, 0) is 0 Å². The molecule has 2 aliphatic heterocycles. The normalized spacial score (nSPS) is 27.2. The molecule has 100 valence electrons. The van der Waals surface area contributed by atoms with E-state index >= 15 is 0 Å². The average molecular weight is 241 g/mol. The van der Waals surface area contributed by atoms with Gasteiger partial charge in [-0.2, -0.15) is 0 Å². The van der Waals surface area contributed by atoms with Crippen LogP contribution in [0.5, 0.6) is 0 Å². The highest BCUT2D eigenvalue weighted by molar-refractivity contribution is 4.77. The molecule has 0 spiro atoms. The topological polar surface area (TPSA) is 38.7 Å². The zero-order valence-electron chi connectivity index (χ0n) is 11.1. The number of piperazine rings is 1. The maximum absolute atomic E-state index is 9.56. The zero-order valence-corrected chi connectivity index (χ0v) is 11.1. The fourth-order valence-electron chi connectivity index (χ4n) is 2.88. The Morgan fingerprint density at radius 3 is 2.12 bits per heavy atom. The quantitative estimate of drug-likeness (QED) is 0.726. The van der Waals surface area contributed by atoms with Crippen LogP contribution in [0.25, 0.3) is 0 Å². The van der Waals surface area contributed by atoms with Crippen molar-refractivity contribution < 1.29 is 5.11 Å². The number of rotatable bonds is 4. The Balaban J connectivity index is 1.61. The van der Waals surface area contributed by atoms with Crippen molar-refractivity contribution in [3.8, 4) is 0 Å². The van der Waals surface area contributed by atoms with Gasteiger partial charge in [-0.1, -0.05) is 0 Å². The molecule has 0 aliphatic carbocycles. The van der Waals surface area contributed by atoms with Gasteiger partial charge < -0.3 is 15.3 Å². The zero-order chi connectivity index (χ0) is 12.1. The second-order valence-electron chi connectivity index (χ2n) is 5.51. The summed E-state index contributed by atoms with van der Waals surface area (Å²) in [5.41, 5.74) is 0. The molecular weight excluding hydrogens is 214 g/mol. The predicted octanol–water partition coefficient (Wildman–Crippen LogP) is -0.0156. The molecule has 0 bridgehead atoms. The van der Waals surface area contributed by atoms with Crippen molar-refractivity contribution in [2.24, 2.45) is 5.92 Å². The van der Waals surface area contributed by atoms with Gasteiger partial charge in [0.25, 0.3) is 0 Å². The van der Waals surface area contributed by atoms with Gasteiger partial charge in [0.2, 0.25) is 0 Å². The van der Waals surface area contributed by atoms with E-state index in [4.69, 9.17) is 0 Å². The van der Waals surface area contributed by atoms with E-state index in [1.54, 1.807) is 0 Å². The molecule has 2 aliphatic rings. The molecule has 2 heterocycles. The highest BCUT2D eigenvalue weighted by atomic mass is 16.3. The molecule has 2 saturated heterocycles. The number of nitrogens with zero attached hydrogens (tertiary/aromatic N) is 2. The molecule has 4 heteroatoms. The SMILES string of the molecule is CC(O)C1CCN(CCN2CCNCC2)CC1. The Bertz CT molecular complexity index is 209. The predicted molar refractivity (Wildman–Crippen MR) is 70.2 cm³/mol. The largest absolute Gasteiger partial charge is 0.393 e. The summed E-state index contributed by atoms with van der Waals surface area (Å²) >= 11 is 0. The van der Waals surface area contributed by atoms with Crippen LogP contribution in [0.15, 0.2) is 0 Å². The maximum Gasteiger partial charge on any atom is 0.0541 e. The van der Waals surface area contributed by atoms with Gasteiger partial charge in [0, 0.05) is 39.3 Å². The minimum absolute atomic E-state index is 0.120. The summed E-state index contributed by atoms with van der Waals surface area (Å²) in [4.78, 5) is 5.11. The van der Waals surface area contributed by atoms with E-state index in [0.29, 0.717) is 5.92 Å². The smallest absolute Gasteiger partial charge is 0.0541 e. The van der Waals surface area contributed by atoms with Crippen molar-refractivity contribution in [3.05, 3.63) is 0 Å². The number of aliphatic hydroxyl groups is 1. The molecule has 0 aromatic carbocycles. The molecule has 0 aromatic rings. The summed E-state index contributed by atoms with van der Waals surface area (Å²) in [6, 6.07) is 0. The van der Waals surface area contributed by atoms with Gasteiger partial charge in [0.15, 0.2) is 0 Å². The van der Waals surface area contributed by atoms with Gasteiger partial charge in [-0.25, -0.2) is 0 Å². The molecule has 2 rings (SSSR count). The van der Waals surface area contributed by atoms with Crippen molar-refractivity contribution >= 4 is 0 Å². The van der Waals surface area contributed by atoms with Gasteiger partial charge >= 0.3 is 0 Å². The van der Waals surface area contributed by atoms with Crippen LogP contribution in [0.3, 0.4) is 0 Å². The standard InChI is InChI=1S/C13H27N3O/c1-12(17)13-2-6-15(7-3-13)10-11-16-8-4-14-5-9-16/h12-14,17H,2-11H2,1H3. The summed E-state index contributed by atoms with van der Waals surface area (Å²) < 4.78 is 0. The lowest BCUT2D eigenvalue weighted by Crippen LogP contribution is -2.47. The fraction of sp³-hybridized carbons (Fsp3) is 1.00. The van der Waals surface area contributed by atoms with Gasteiger partial charge in [-0.3, -0.25) is 4.90 Å². The van der Waals surface area contributed by atoms with Crippen LogP contribution in [0.1, 0.15) is 19.8 Å². The van der Waals surface area contributed by atoms with E-state index in [0.717, 1.165) is 13.1 Å². The highest BCUT2D eigenvalue weighted by Gasteiger charge is 2.22. The lowest BCUT2D eigenvalue weighted by atomic mass is 9.92. The first-order chi connectivity index (χ1) is 8.25. The molecule has 2 N–H and O–H groups in total. The lowest BCUT2D eigenvalue weighted by Gasteiger charge is -2.35. The summed E-state index contributed by atoms with van der Waals surface area (Å²) in [6.07, 6.45) is 2.21. The van der Waals surface area contributed by atoms with Crippen LogP contribution in [0, 0.1) is 5.92 Å². The van der Waals surface area contributed by atoms with Crippen molar-refractivity contribution in [2.45, 2.75) is 25.9 Å². The summed E-state index contributed by atoms with van der Waals surface area (Å²) in [5.74, 6) is 0.533. The highest BCUT2D eigenvalue weighted by Crippen LogP contribution is 2.20. The molecule has 17 heavy (non-hydrogen) atoms. The lowest BCUT2D eigenvalue weighted by molar-refractivity contribution is 0.0673. The van der Waals surface area contributed by atoms with Gasteiger partial charge in [0.05, 0.1) is 6.10 Å². The third-order valence-electron chi connectivity index (χ3n) is 4.26. The van der Waals surface area contributed by atoms with Gasteiger partial charge in [-0.15, -0.1) is 0 Å². The van der Waals surface area contributed by atoms with Gasteiger partial charge in [-0.05, 0) is 38.8 Å². The van der Waals surface area contributed by atoms with Crippen LogP contribution >= 0.6 is 0 Å². The van der Waals surface area contributed by atoms with E-state index in [1.807, 2.05) is 6.92 Å². The minimum atomic E-state index is -0.120. The molecule has 0 amide bonds. The average Bonchev–Trinajstić information content (AvgIpc) is 2.38. The third-order valence-corrected chi connectivity index (χ3v) is 4.26. The van der Waals surface area contributed by atoms with E-state index in [9.17, 15) is 5.11 Å². The van der Waals surface area contributed by atoms with E-state index in [2.05, 4.69) is 15.1 Å². The Labute approximate surface area is 105 Å². The molecule has 0 saturated carbocycles. The molecule has 0 radical (unpaired) electrons. The fourth-order valence-corrected chi connectivity index (χ4v) is 2.88.